The van der Waals surface area contributed by atoms with E-state index in [1.54, 1.807) is 12.1 Å². The normalized spacial score (nSPS) is 31.4. The fourth-order valence-corrected chi connectivity index (χ4v) is 11.2. The highest BCUT2D eigenvalue weighted by molar-refractivity contribution is 8.54. The minimum Gasteiger partial charge on any atom is -0.427 e. The summed E-state index contributed by atoms with van der Waals surface area (Å²) in [4.78, 5) is 47.2. The molecule has 0 radical (unpaired) electrons. The van der Waals surface area contributed by atoms with Gasteiger partial charge in [0.1, 0.15) is 42.0 Å². The third-order valence-electron chi connectivity index (χ3n) is 9.48. The summed E-state index contributed by atoms with van der Waals surface area (Å²) in [6, 6.07) is 6.31. The van der Waals surface area contributed by atoms with Crippen molar-refractivity contribution < 1.29 is 55.0 Å². The van der Waals surface area contributed by atoms with Crippen LogP contribution in [0.2, 0.25) is 0 Å². The first kappa shape index (κ1) is 41.4. The van der Waals surface area contributed by atoms with Crippen molar-refractivity contribution in [2.24, 2.45) is 5.73 Å². The predicted octanol–water partition coefficient (Wildman–Crippen LogP) is 1.84. The summed E-state index contributed by atoms with van der Waals surface area (Å²) in [5.41, 5.74) is 17.0. The number of nitrogen functional groups attached to an aromatic ring is 2. The summed E-state index contributed by atoms with van der Waals surface area (Å²) in [5.74, 6) is -0.479. The van der Waals surface area contributed by atoms with E-state index in [0.29, 0.717) is 29.9 Å². The van der Waals surface area contributed by atoms with Crippen LogP contribution in [0, 0.1) is 0 Å². The second-order valence-corrected chi connectivity index (χ2v) is 19.6. The lowest BCUT2D eigenvalue weighted by atomic mass is 10.1. The molecule has 3 aliphatic heterocycles. The maximum atomic E-state index is 16.7. The van der Waals surface area contributed by atoms with Gasteiger partial charge in [0.15, 0.2) is 47.4 Å². The quantitative estimate of drug-likeness (QED) is 0.0710. The van der Waals surface area contributed by atoms with Crippen LogP contribution in [0.3, 0.4) is 0 Å². The molecule has 7 N–H and O–H groups in total. The molecule has 28 heteroatoms. The third kappa shape index (κ3) is 8.51. The number of hydrogen-bond acceptors (Lipinski definition) is 20. The van der Waals surface area contributed by atoms with Crippen LogP contribution in [0.4, 0.5) is 20.5 Å². The Labute approximate surface area is 336 Å². The number of esters is 1. The summed E-state index contributed by atoms with van der Waals surface area (Å²) in [6.45, 7) is -5.54. The standard InChI is InChI=1S/C31H36BF2N11O11P2S/c32-57(48)50-8-16-24(20(34)29(53-16)44-12-40-21-25(36)38-11-39-26(21)44)56-58(49,59-10-14-3-5-15(6-4-14)52-18(46)2-1-7-35)51-9-17-23(55-57)19(33)30(54-17)45-13-41-22-27(45)42-31(37)43-28(22)47/h3-6,11-13,16-17,19-20,23-24,29-30H,1-2,7-10,32,35H2,(H2,36,38,39)(H3,37,42,43,47)/t16-,17-,19-,20-,23-,24-,29-,30-,57+,58-/m1/s1. The Balaban J connectivity index is 1.09. The van der Waals surface area contributed by atoms with Gasteiger partial charge in [-0.1, -0.05) is 12.1 Å². The van der Waals surface area contributed by atoms with E-state index < -0.39 is 88.2 Å². The molecular formula is C31H36BF2N11O11P2S. The molecule has 3 fully saturated rings. The summed E-state index contributed by atoms with van der Waals surface area (Å²) in [5, 5.41) is 0. The Kier molecular flexibility index (Phi) is 11.6. The predicted molar refractivity (Wildman–Crippen MR) is 207 cm³/mol. The monoisotopic (exact) mass is 881 g/mol. The van der Waals surface area contributed by atoms with E-state index in [4.69, 9.17) is 49.5 Å². The number of H-pyrrole nitrogens is 1. The lowest BCUT2D eigenvalue weighted by molar-refractivity contribution is -0.134. The molecule has 0 unspecified atom stereocenters. The van der Waals surface area contributed by atoms with E-state index in [9.17, 15) is 18.7 Å². The highest BCUT2D eigenvalue weighted by atomic mass is 32.7. The Morgan fingerprint density at radius 1 is 0.932 bits per heavy atom. The van der Waals surface area contributed by atoms with Gasteiger partial charge in [0.2, 0.25) is 5.95 Å². The number of imidazole rings is 2. The molecule has 7 heterocycles. The SMILES string of the molecule is B[P@]1(=O)OC[C@H]2O[C@@H](n3cnc4c(N)ncnc43)[C@H](F)[C@@H]2O[P@](=O)(SCc2ccc(OC(=O)CCCN)cc2)OC[C@H]2O[C@@H](n3cnc4c(=O)[nH]c(N)nc43)[C@H](F)[C@@H]2O1. The molecule has 0 spiro atoms. The number of benzene rings is 1. The number of nitrogens with two attached hydrogens (primary N) is 3. The number of alkyl halides is 2. The van der Waals surface area contributed by atoms with Crippen molar-refractivity contribution in [3.05, 3.63) is 59.2 Å². The summed E-state index contributed by atoms with van der Waals surface area (Å²) >= 11 is 0.675. The summed E-state index contributed by atoms with van der Waals surface area (Å²) < 4.78 is 105. The van der Waals surface area contributed by atoms with Gasteiger partial charge in [-0.15, -0.1) is 0 Å². The number of aromatic amines is 1. The first-order valence-corrected chi connectivity index (χ1v) is 23.1. The van der Waals surface area contributed by atoms with Crippen LogP contribution in [0.15, 0.2) is 48.0 Å². The second kappa shape index (κ2) is 16.6. The van der Waals surface area contributed by atoms with Crippen molar-refractivity contribution in [2.45, 2.75) is 67.8 Å². The molecule has 0 saturated carbocycles. The average molecular weight is 882 g/mol. The molecule has 0 bridgehead atoms. The fourth-order valence-electron chi connectivity index (χ4n) is 6.65. The van der Waals surface area contributed by atoms with E-state index in [-0.39, 0.29) is 52.0 Å². The van der Waals surface area contributed by atoms with Gasteiger partial charge >= 0.3 is 12.8 Å². The minimum absolute atomic E-state index is 0.0286. The fraction of sp³-hybridized carbons (Fsp3) is 0.452. The van der Waals surface area contributed by atoms with E-state index in [0.717, 1.165) is 24.8 Å². The van der Waals surface area contributed by atoms with Gasteiger partial charge in [-0.2, -0.15) is 4.98 Å². The van der Waals surface area contributed by atoms with Crippen LogP contribution < -0.4 is 27.5 Å². The number of nitrogens with one attached hydrogen (secondary N) is 1. The molecule has 59 heavy (non-hydrogen) atoms. The lowest BCUT2D eigenvalue weighted by Crippen LogP contribution is -2.37. The van der Waals surface area contributed by atoms with Gasteiger partial charge in [-0.3, -0.25) is 37.3 Å². The molecule has 314 valence electrons. The van der Waals surface area contributed by atoms with Crippen molar-refractivity contribution in [1.82, 2.24) is 39.0 Å². The first-order chi connectivity index (χ1) is 28.2. The molecule has 10 atom stereocenters. The van der Waals surface area contributed by atoms with E-state index in [1.165, 1.54) is 23.0 Å². The Morgan fingerprint density at radius 3 is 2.27 bits per heavy atom. The summed E-state index contributed by atoms with van der Waals surface area (Å²) in [6.07, 6.45) is -9.40. The van der Waals surface area contributed by atoms with Gasteiger partial charge in [0, 0.05) is 12.2 Å². The van der Waals surface area contributed by atoms with E-state index in [2.05, 4.69) is 29.9 Å². The van der Waals surface area contributed by atoms with Crippen molar-refractivity contribution in [3.8, 4) is 5.75 Å². The van der Waals surface area contributed by atoms with Crippen molar-refractivity contribution in [3.63, 3.8) is 0 Å². The maximum Gasteiger partial charge on any atom is 0.389 e. The average Bonchev–Trinajstić information content (AvgIpc) is 3.96. The Hall–Kier alpha value is -4.36. The number of carbonyl (C=O) groups excluding carboxylic acids is 1. The van der Waals surface area contributed by atoms with Crippen molar-refractivity contribution in [1.29, 1.82) is 0 Å². The van der Waals surface area contributed by atoms with Gasteiger partial charge < -0.3 is 40.5 Å². The maximum absolute atomic E-state index is 16.7. The lowest BCUT2D eigenvalue weighted by Gasteiger charge is -2.30. The molecule has 1 aromatic carbocycles. The van der Waals surface area contributed by atoms with Gasteiger partial charge in [0.05, 0.1) is 25.9 Å². The molecular weight excluding hydrogens is 845 g/mol. The van der Waals surface area contributed by atoms with Crippen LogP contribution in [0.5, 0.6) is 5.75 Å². The number of rotatable bonds is 9. The summed E-state index contributed by atoms with van der Waals surface area (Å²) in [7, 11) is -3.15. The Morgan fingerprint density at radius 2 is 1.58 bits per heavy atom. The van der Waals surface area contributed by atoms with E-state index >= 15 is 8.78 Å². The largest absolute Gasteiger partial charge is 0.427 e. The second-order valence-electron chi connectivity index (χ2n) is 13.6. The van der Waals surface area contributed by atoms with Crippen LogP contribution in [-0.4, -0.2) is 109 Å². The van der Waals surface area contributed by atoms with Crippen molar-refractivity contribution in [2.75, 3.05) is 31.2 Å². The molecule has 5 aromatic rings. The Bertz CT molecular complexity index is 2520. The molecule has 8 rings (SSSR count). The highest BCUT2D eigenvalue weighted by Crippen LogP contribution is 2.65. The zero-order valence-corrected chi connectivity index (χ0v) is 33.4. The molecule has 4 aromatic heterocycles. The third-order valence-corrected chi connectivity index (χ3v) is 14.4. The highest BCUT2D eigenvalue weighted by Gasteiger charge is 2.54. The number of nitrogens with zero attached hydrogens (tertiary/aromatic N) is 7. The molecule has 0 amide bonds. The molecule has 22 nitrogen and oxygen atoms in total. The molecule has 3 saturated heterocycles. The number of aromatic nitrogens is 8. The number of fused-ring (bicyclic) bond motifs is 4. The zero-order valence-electron chi connectivity index (χ0n) is 30.8. The minimum atomic E-state index is -4.52. The van der Waals surface area contributed by atoms with Gasteiger partial charge in [-0.25, -0.2) is 33.3 Å². The molecule has 0 aliphatic carbocycles. The van der Waals surface area contributed by atoms with Crippen LogP contribution in [0.25, 0.3) is 22.3 Å². The number of carbonyl (C=O) groups is 1. The smallest absolute Gasteiger partial charge is 0.389 e. The topological polar surface area (TPSA) is 301 Å². The number of anilines is 2. The number of ether oxygens (including phenoxy) is 3. The van der Waals surface area contributed by atoms with E-state index in [1.807, 2.05) is 0 Å². The van der Waals surface area contributed by atoms with Crippen LogP contribution in [-0.2, 0) is 47.2 Å². The zero-order chi connectivity index (χ0) is 41.6. The first-order valence-electron chi connectivity index (χ1n) is 17.9. The number of halogens is 2. The van der Waals surface area contributed by atoms with Gasteiger partial charge in [-0.05, 0) is 42.0 Å². The van der Waals surface area contributed by atoms with Gasteiger partial charge in [0.25, 0.3) is 20.6 Å². The molecule has 3 aliphatic rings. The number of hydrogen-bond donors (Lipinski definition) is 4. The van der Waals surface area contributed by atoms with Crippen molar-refractivity contribution >= 4 is 73.3 Å². The van der Waals surface area contributed by atoms with Crippen LogP contribution >= 0.6 is 25.7 Å². The van der Waals surface area contributed by atoms with Crippen LogP contribution in [0.1, 0.15) is 30.9 Å².